The molecule has 0 spiro atoms. The van der Waals surface area contributed by atoms with E-state index in [4.69, 9.17) is 0 Å². The van der Waals surface area contributed by atoms with Gasteiger partial charge in [0.25, 0.3) is 0 Å². The number of hydrogen-bond donors (Lipinski definition) is 2. The highest BCUT2D eigenvalue weighted by molar-refractivity contribution is 5.78. The molecule has 0 heterocycles. The highest BCUT2D eigenvalue weighted by atomic mass is 16.5. The molecule has 0 aliphatic carbocycles. The molecule has 1 atom stereocenters. The van der Waals surface area contributed by atoms with Gasteiger partial charge in [0.05, 0.1) is 7.11 Å². The van der Waals surface area contributed by atoms with Gasteiger partial charge in [-0.1, -0.05) is 13.8 Å². The summed E-state index contributed by atoms with van der Waals surface area (Å²) in [4.78, 5) is 13.5. The second kappa shape index (κ2) is 8.44. The number of nitrogens with one attached hydrogen (secondary N) is 1. The molecule has 5 heteroatoms. The maximum atomic E-state index is 11.2. The number of aliphatic hydroxyl groups is 1. The van der Waals surface area contributed by atoms with E-state index in [0.717, 1.165) is 32.6 Å². The molecule has 0 fully saturated rings. The van der Waals surface area contributed by atoms with Gasteiger partial charge in [-0.2, -0.15) is 0 Å². The molecular weight excluding hydrogens is 220 g/mol. The molecule has 0 aromatic heterocycles. The standard InChI is InChI=1S/C12H26N2O3/c1-5-14(6-2)9-7-8-13-10-12(3,16)11(15)17-4/h13,16H,5-10H2,1-4H3. The first-order chi connectivity index (χ1) is 7.97. The van der Waals surface area contributed by atoms with Crippen LogP contribution < -0.4 is 5.32 Å². The lowest BCUT2D eigenvalue weighted by molar-refractivity contribution is -0.159. The first-order valence-electron chi connectivity index (χ1n) is 6.21. The molecule has 0 rings (SSSR count). The lowest BCUT2D eigenvalue weighted by Gasteiger charge is -2.21. The van der Waals surface area contributed by atoms with E-state index in [1.807, 2.05) is 0 Å². The summed E-state index contributed by atoms with van der Waals surface area (Å²) in [6.45, 7) is 9.86. The molecule has 0 aromatic rings. The second-order valence-electron chi connectivity index (χ2n) is 4.32. The molecule has 5 nitrogen and oxygen atoms in total. The molecule has 0 saturated heterocycles. The minimum atomic E-state index is -1.44. The second-order valence-corrected chi connectivity index (χ2v) is 4.32. The van der Waals surface area contributed by atoms with Crippen molar-refractivity contribution in [1.29, 1.82) is 0 Å². The van der Waals surface area contributed by atoms with Crippen molar-refractivity contribution in [1.82, 2.24) is 10.2 Å². The van der Waals surface area contributed by atoms with Crippen molar-refractivity contribution in [2.24, 2.45) is 0 Å². The third-order valence-electron chi connectivity index (χ3n) is 2.82. The van der Waals surface area contributed by atoms with Crippen LogP contribution in [0.2, 0.25) is 0 Å². The SMILES string of the molecule is CCN(CC)CCCNCC(C)(O)C(=O)OC. The van der Waals surface area contributed by atoms with Crippen LogP contribution in [0, 0.1) is 0 Å². The van der Waals surface area contributed by atoms with Gasteiger partial charge in [-0.25, -0.2) is 4.79 Å². The van der Waals surface area contributed by atoms with Crippen LogP contribution in [-0.2, 0) is 9.53 Å². The van der Waals surface area contributed by atoms with Gasteiger partial charge in [-0.15, -0.1) is 0 Å². The van der Waals surface area contributed by atoms with Gasteiger partial charge in [-0.05, 0) is 39.5 Å². The van der Waals surface area contributed by atoms with Gasteiger partial charge >= 0.3 is 5.97 Å². The summed E-state index contributed by atoms with van der Waals surface area (Å²) in [7, 11) is 1.27. The van der Waals surface area contributed by atoms with Gasteiger partial charge < -0.3 is 20.1 Å². The zero-order chi connectivity index (χ0) is 13.3. The third-order valence-corrected chi connectivity index (χ3v) is 2.82. The van der Waals surface area contributed by atoms with Gasteiger partial charge in [0.15, 0.2) is 5.60 Å². The molecule has 0 radical (unpaired) electrons. The number of esters is 1. The lowest BCUT2D eigenvalue weighted by atomic mass is 10.1. The van der Waals surface area contributed by atoms with Gasteiger partial charge in [0, 0.05) is 6.54 Å². The number of carbonyl (C=O) groups excluding carboxylic acids is 1. The van der Waals surface area contributed by atoms with Crippen LogP contribution in [-0.4, -0.2) is 61.4 Å². The fraction of sp³-hybridized carbons (Fsp3) is 0.917. The fourth-order valence-electron chi connectivity index (χ4n) is 1.59. The average molecular weight is 246 g/mol. The van der Waals surface area contributed by atoms with E-state index < -0.39 is 11.6 Å². The van der Waals surface area contributed by atoms with Crippen molar-refractivity contribution in [3.63, 3.8) is 0 Å². The molecule has 102 valence electrons. The van der Waals surface area contributed by atoms with Crippen LogP contribution in [0.3, 0.4) is 0 Å². The number of nitrogens with zero attached hydrogens (tertiary/aromatic N) is 1. The Morgan fingerprint density at radius 3 is 2.47 bits per heavy atom. The molecule has 0 amide bonds. The normalized spacial score (nSPS) is 14.7. The number of methoxy groups -OCH3 is 1. The van der Waals surface area contributed by atoms with E-state index >= 15 is 0 Å². The number of ether oxygens (including phenoxy) is 1. The van der Waals surface area contributed by atoms with Crippen molar-refractivity contribution in [2.75, 3.05) is 39.8 Å². The first kappa shape index (κ1) is 16.4. The molecule has 0 aliphatic rings. The van der Waals surface area contributed by atoms with E-state index in [0.29, 0.717) is 0 Å². The summed E-state index contributed by atoms with van der Waals surface area (Å²) in [6, 6.07) is 0. The van der Waals surface area contributed by atoms with Crippen molar-refractivity contribution >= 4 is 5.97 Å². The largest absolute Gasteiger partial charge is 0.467 e. The Balaban J connectivity index is 3.67. The van der Waals surface area contributed by atoms with Crippen molar-refractivity contribution in [3.05, 3.63) is 0 Å². The van der Waals surface area contributed by atoms with Gasteiger partial charge in [0.1, 0.15) is 0 Å². The van der Waals surface area contributed by atoms with E-state index in [1.165, 1.54) is 14.0 Å². The zero-order valence-electron chi connectivity index (χ0n) is 11.5. The van der Waals surface area contributed by atoms with Gasteiger partial charge in [-0.3, -0.25) is 0 Å². The first-order valence-corrected chi connectivity index (χ1v) is 6.21. The van der Waals surface area contributed by atoms with Crippen LogP contribution in [0.25, 0.3) is 0 Å². The Hall–Kier alpha value is -0.650. The van der Waals surface area contributed by atoms with E-state index in [1.54, 1.807) is 0 Å². The number of hydrogen-bond acceptors (Lipinski definition) is 5. The number of carbonyl (C=O) groups is 1. The van der Waals surface area contributed by atoms with Crippen molar-refractivity contribution < 1.29 is 14.6 Å². The van der Waals surface area contributed by atoms with Crippen LogP contribution in [0.5, 0.6) is 0 Å². The molecule has 17 heavy (non-hydrogen) atoms. The van der Waals surface area contributed by atoms with E-state index in [9.17, 15) is 9.90 Å². The Morgan fingerprint density at radius 2 is 2.00 bits per heavy atom. The fourth-order valence-corrected chi connectivity index (χ4v) is 1.59. The zero-order valence-corrected chi connectivity index (χ0v) is 11.5. The van der Waals surface area contributed by atoms with Crippen molar-refractivity contribution in [2.45, 2.75) is 32.8 Å². The van der Waals surface area contributed by atoms with Gasteiger partial charge in [0.2, 0.25) is 0 Å². The van der Waals surface area contributed by atoms with Crippen LogP contribution >= 0.6 is 0 Å². The lowest BCUT2D eigenvalue weighted by Crippen LogP contribution is -2.46. The average Bonchev–Trinajstić information content (AvgIpc) is 2.32. The molecule has 0 bridgehead atoms. The summed E-state index contributed by atoms with van der Waals surface area (Å²) < 4.78 is 4.51. The topological polar surface area (TPSA) is 61.8 Å². The van der Waals surface area contributed by atoms with E-state index in [-0.39, 0.29) is 6.54 Å². The summed E-state index contributed by atoms with van der Waals surface area (Å²) in [5, 5.41) is 12.8. The monoisotopic (exact) mass is 246 g/mol. The molecule has 2 N–H and O–H groups in total. The highest BCUT2D eigenvalue weighted by Gasteiger charge is 2.30. The maximum absolute atomic E-state index is 11.2. The Labute approximate surface area is 104 Å². The smallest absolute Gasteiger partial charge is 0.338 e. The molecule has 0 saturated carbocycles. The number of rotatable bonds is 9. The molecule has 1 unspecified atom stereocenters. The minimum Gasteiger partial charge on any atom is -0.467 e. The highest BCUT2D eigenvalue weighted by Crippen LogP contribution is 2.03. The summed E-state index contributed by atoms with van der Waals surface area (Å²) >= 11 is 0. The van der Waals surface area contributed by atoms with Crippen LogP contribution in [0.15, 0.2) is 0 Å². The Bertz CT molecular complexity index is 216. The Kier molecular flexibility index (Phi) is 8.12. The quantitative estimate of drug-likeness (QED) is 0.450. The van der Waals surface area contributed by atoms with Crippen LogP contribution in [0.1, 0.15) is 27.2 Å². The third kappa shape index (κ3) is 6.61. The predicted molar refractivity (Wildman–Crippen MR) is 67.9 cm³/mol. The maximum Gasteiger partial charge on any atom is 0.338 e. The summed E-state index contributed by atoms with van der Waals surface area (Å²) in [5.74, 6) is -0.603. The predicted octanol–water partition coefficient (Wildman–Crippen LogP) is 0.232. The van der Waals surface area contributed by atoms with Crippen molar-refractivity contribution in [3.8, 4) is 0 Å². The molecule has 0 aliphatic heterocycles. The summed E-state index contributed by atoms with van der Waals surface area (Å²) in [5.41, 5.74) is -1.44. The Morgan fingerprint density at radius 1 is 1.41 bits per heavy atom. The van der Waals surface area contributed by atoms with E-state index in [2.05, 4.69) is 28.8 Å². The minimum absolute atomic E-state index is 0.220. The summed E-state index contributed by atoms with van der Waals surface area (Å²) in [6.07, 6.45) is 0.999. The van der Waals surface area contributed by atoms with Crippen LogP contribution in [0.4, 0.5) is 0 Å². The molecular formula is C12H26N2O3. The molecule has 0 aromatic carbocycles.